The number of rotatable bonds is 3. The van der Waals surface area contributed by atoms with Gasteiger partial charge in [-0.05, 0) is 52.0 Å². The van der Waals surface area contributed by atoms with Crippen LogP contribution in [-0.2, 0) is 17.3 Å². The topological polar surface area (TPSA) is 71.5 Å². The minimum atomic E-state index is -4.54. The van der Waals surface area contributed by atoms with E-state index in [9.17, 15) is 22.8 Å². The zero-order valence-corrected chi connectivity index (χ0v) is 18.7. The van der Waals surface area contributed by atoms with E-state index in [0.717, 1.165) is 17.4 Å². The van der Waals surface area contributed by atoms with E-state index in [2.05, 4.69) is 10.3 Å². The molecule has 0 bridgehead atoms. The van der Waals surface area contributed by atoms with Gasteiger partial charge in [0.15, 0.2) is 0 Å². The lowest BCUT2D eigenvalue weighted by Gasteiger charge is -2.33. The summed E-state index contributed by atoms with van der Waals surface area (Å²) in [7, 11) is 1.43. The van der Waals surface area contributed by atoms with Crippen molar-refractivity contribution >= 4 is 33.6 Å². The molecule has 0 radical (unpaired) electrons. The molecule has 2 aromatic rings. The van der Waals surface area contributed by atoms with Gasteiger partial charge in [-0.1, -0.05) is 0 Å². The van der Waals surface area contributed by atoms with Crippen LogP contribution in [-0.4, -0.2) is 47.6 Å². The van der Waals surface area contributed by atoms with Crippen LogP contribution in [0, 0.1) is 5.92 Å². The standard InChI is InChI=1S/C21H26F3N3O3S/c1-20(2,3)30-19(29)27-7-5-12(6-8-27)9-13-10-15(21(22,23)24)17-16(26-13)14(11-31-17)18(28)25-4/h10-12H,5-9H2,1-4H3,(H,25,28). The van der Waals surface area contributed by atoms with E-state index in [1.54, 1.807) is 25.7 Å². The fourth-order valence-corrected chi connectivity index (χ4v) is 4.64. The van der Waals surface area contributed by atoms with Gasteiger partial charge in [0.1, 0.15) is 5.60 Å². The van der Waals surface area contributed by atoms with Gasteiger partial charge in [-0.3, -0.25) is 9.78 Å². The quantitative estimate of drug-likeness (QED) is 0.714. The maximum absolute atomic E-state index is 13.7. The van der Waals surface area contributed by atoms with Gasteiger partial charge >= 0.3 is 12.3 Å². The Morgan fingerprint density at radius 1 is 1.26 bits per heavy atom. The average Bonchev–Trinajstić information content (AvgIpc) is 3.09. The molecular weight excluding hydrogens is 431 g/mol. The minimum Gasteiger partial charge on any atom is -0.444 e. The summed E-state index contributed by atoms with van der Waals surface area (Å²) in [4.78, 5) is 30.3. The molecular formula is C21H26F3N3O3S. The molecule has 0 aliphatic carbocycles. The second-order valence-electron chi connectivity index (χ2n) is 8.68. The maximum atomic E-state index is 13.7. The molecule has 0 spiro atoms. The predicted molar refractivity (Wildman–Crippen MR) is 112 cm³/mol. The Labute approximate surface area is 182 Å². The summed E-state index contributed by atoms with van der Waals surface area (Å²) >= 11 is 0.872. The number of nitrogens with one attached hydrogen (secondary N) is 1. The van der Waals surface area contributed by atoms with E-state index < -0.39 is 23.2 Å². The van der Waals surface area contributed by atoms with Gasteiger partial charge in [-0.15, -0.1) is 11.3 Å². The number of alkyl halides is 3. The van der Waals surface area contributed by atoms with Crippen LogP contribution in [0.3, 0.4) is 0 Å². The summed E-state index contributed by atoms with van der Waals surface area (Å²) in [6.45, 7) is 6.37. The summed E-state index contributed by atoms with van der Waals surface area (Å²) < 4.78 is 46.3. The molecule has 1 N–H and O–H groups in total. The highest BCUT2D eigenvalue weighted by Gasteiger charge is 2.35. The number of carbonyl (C=O) groups excluding carboxylic acids is 2. The van der Waals surface area contributed by atoms with Crippen LogP contribution in [0.2, 0.25) is 0 Å². The number of nitrogens with zero attached hydrogens (tertiary/aromatic N) is 2. The summed E-state index contributed by atoms with van der Waals surface area (Å²) in [5.74, 6) is -0.374. The van der Waals surface area contributed by atoms with Crippen LogP contribution in [0.4, 0.5) is 18.0 Å². The molecule has 3 heterocycles. The number of carbonyl (C=O) groups is 2. The normalized spacial score (nSPS) is 15.9. The first-order chi connectivity index (χ1) is 14.4. The Bertz CT molecular complexity index is 974. The summed E-state index contributed by atoms with van der Waals surface area (Å²) in [6.07, 6.45) is -3.28. The molecule has 0 atom stereocenters. The molecule has 10 heteroatoms. The van der Waals surface area contributed by atoms with Crippen molar-refractivity contribution in [1.29, 1.82) is 0 Å². The number of pyridine rings is 1. The fourth-order valence-electron chi connectivity index (χ4n) is 3.61. The van der Waals surface area contributed by atoms with Gasteiger partial charge in [0.25, 0.3) is 5.91 Å². The molecule has 1 aliphatic heterocycles. The van der Waals surface area contributed by atoms with E-state index in [-0.39, 0.29) is 27.8 Å². The van der Waals surface area contributed by atoms with Gasteiger partial charge in [-0.2, -0.15) is 13.2 Å². The molecule has 170 valence electrons. The number of piperidine rings is 1. The van der Waals surface area contributed by atoms with E-state index in [0.29, 0.717) is 38.0 Å². The number of hydrogen-bond acceptors (Lipinski definition) is 5. The number of aromatic nitrogens is 1. The number of likely N-dealkylation sites (tertiary alicyclic amines) is 1. The maximum Gasteiger partial charge on any atom is 0.417 e. The Hall–Kier alpha value is -2.36. The monoisotopic (exact) mass is 457 g/mol. The van der Waals surface area contributed by atoms with E-state index >= 15 is 0 Å². The number of hydrogen-bond donors (Lipinski definition) is 1. The molecule has 31 heavy (non-hydrogen) atoms. The number of amides is 2. The van der Waals surface area contributed by atoms with Crippen molar-refractivity contribution in [2.45, 2.75) is 51.8 Å². The Morgan fingerprint density at radius 2 is 1.90 bits per heavy atom. The molecule has 1 fully saturated rings. The van der Waals surface area contributed by atoms with Crippen molar-refractivity contribution in [3.8, 4) is 0 Å². The van der Waals surface area contributed by atoms with Crippen molar-refractivity contribution in [3.63, 3.8) is 0 Å². The van der Waals surface area contributed by atoms with Crippen molar-refractivity contribution in [2.75, 3.05) is 20.1 Å². The number of ether oxygens (including phenoxy) is 1. The molecule has 2 aromatic heterocycles. The average molecular weight is 458 g/mol. The minimum absolute atomic E-state index is 0.0328. The van der Waals surface area contributed by atoms with Crippen LogP contribution in [0.25, 0.3) is 10.2 Å². The summed E-state index contributed by atoms with van der Waals surface area (Å²) in [5, 5.41) is 3.86. The van der Waals surface area contributed by atoms with Gasteiger partial charge < -0.3 is 15.0 Å². The molecule has 3 rings (SSSR count). The first-order valence-corrected chi connectivity index (χ1v) is 11.0. The number of thiophene rings is 1. The molecule has 1 aliphatic rings. The lowest BCUT2D eigenvalue weighted by molar-refractivity contribution is -0.136. The second kappa shape index (κ2) is 8.64. The van der Waals surface area contributed by atoms with Crippen LogP contribution in [0.1, 0.15) is 55.2 Å². The fraction of sp³-hybridized carbons (Fsp3) is 0.571. The molecule has 6 nitrogen and oxygen atoms in total. The summed E-state index contributed by atoms with van der Waals surface area (Å²) in [6, 6.07) is 1.09. The predicted octanol–water partition coefficient (Wildman–Crippen LogP) is 4.86. The lowest BCUT2D eigenvalue weighted by Crippen LogP contribution is -2.42. The highest BCUT2D eigenvalue weighted by atomic mass is 32.1. The Morgan fingerprint density at radius 3 is 2.45 bits per heavy atom. The third-order valence-corrected chi connectivity index (χ3v) is 6.12. The smallest absolute Gasteiger partial charge is 0.417 e. The van der Waals surface area contributed by atoms with Crippen molar-refractivity contribution in [3.05, 3.63) is 28.3 Å². The van der Waals surface area contributed by atoms with Gasteiger partial charge in [0.05, 0.1) is 21.3 Å². The summed E-state index contributed by atoms with van der Waals surface area (Å²) in [5.41, 5.74) is -0.808. The highest BCUT2D eigenvalue weighted by Crippen LogP contribution is 2.39. The van der Waals surface area contributed by atoms with Gasteiger partial charge in [0.2, 0.25) is 0 Å². The number of fused-ring (bicyclic) bond motifs is 1. The Balaban J connectivity index is 1.79. The van der Waals surface area contributed by atoms with Gasteiger partial charge in [-0.25, -0.2) is 4.79 Å². The van der Waals surface area contributed by atoms with Crippen LogP contribution in [0.5, 0.6) is 0 Å². The van der Waals surface area contributed by atoms with Crippen molar-refractivity contribution < 1.29 is 27.5 Å². The van der Waals surface area contributed by atoms with E-state index in [1.807, 2.05) is 0 Å². The van der Waals surface area contributed by atoms with E-state index in [4.69, 9.17) is 4.74 Å². The molecule has 0 saturated carbocycles. The van der Waals surface area contributed by atoms with E-state index in [1.165, 1.54) is 12.4 Å². The second-order valence-corrected chi connectivity index (χ2v) is 9.56. The third kappa shape index (κ3) is 5.47. The highest BCUT2D eigenvalue weighted by molar-refractivity contribution is 7.17. The molecule has 1 saturated heterocycles. The van der Waals surface area contributed by atoms with Crippen LogP contribution in [0.15, 0.2) is 11.4 Å². The first kappa shape index (κ1) is 23.3. The Kier molecular flexibility index (Phi) is 6.50. The zero-order chi connectivity index (χ0) is 23.0. The molecule has 2 amide bonds. The molecule has 0 aromatic carbocycles. The lowest BCUT2D eigenvalue weighted by atomic mass is 9.91. The first-order valence-electron chi connectivity index (χ1n) is 10.1. The SMILES string of the molecule is CNC(=O)c1csc2c(C(F)(F)F)cc(CC3CCN(C(=O)OC(C)(C)C)CC3)nc12. The van der Waals surface area contributed by atoms with Gasteiger partial charge in [0, 0.05) is 31.2 Å². The van der Waals surface area contributed by atoms with Crippen LogP contribution < -0.4 is 5.32 Å². The number of halogens is 3. The van der Waals surface area contributed by atoms with Crippen molar-refractivity contribution in [1.82, 2.24) is 15.2 Å². The third-order valence-electron chi connectivity index (χ3n) is 5.12. The molecule has 0 unspecified atom stereocenters. The largest absolute Gasteiger partial charge is 0.444 e. The zero-order valence-electron chi connectivity index (χ0n) is 17.9. The van der Waals surface area contributed by atoms with Crippen LogP contribution >= 0.6 is 11.3 Å². The van der Waals surface area contributed by atoms with Crippen molar-refractivity contribution in [2.24, 2.45) is 5.92 Å².